The molecular weight excluding hydrogens is 160 g/mol. The van der Waals surface area contributed by atoms with Gasteiger partial charge < -0.3 is 0 Å². The van der Waals surface area contributed by atoms with E-state index >= 15 is 0 Å². The quantitative estimate of drug-likeness (QED) is 0.446. The van der Waals surface area contributed by atoms with E-state index in [4.69, 9.17) is 0 Å². The Labute approximate surface area is 74.4 Å². The number of hydrogen-bond donors (Lipinski definition) is 0. The average Bonchev–Trinajstić information content (AvgIpc) is 1.89. The summed E-state index contributed by atoms with van der Waals surface area (Å²) in [4.78, 5) is 0. The van der Waals surface area contributed by atoms with Crippen molar-refractivity contribution in [1.29, 1.82) is 0 Å². The monoisotopic (exact) mass is 176 g/mol. The van der Waals surface area contributed by atoms with Crippen LogP contribution in [0.25, 0.3) is 0 Å². The zero-order valence-corrected chi connectivity index (χ0v) is 9.26. The van der Waals surface area contributed by atoms with Crippen LogP contribution >= 0.6 is 5.27 Å². The normalized spacial score (nSPS) is 13.4. The molecule has 0 heterocycles. The molecule has 52 valence electrons. The first-order valence-electron chi connectivity index (χ1n) is 3.80. The van der Waals surface area contributed by atoms with Crippen molar-refractivity contribution in [2.24, 2.45) is 0 Å². The van der Waals surface area contributed by atoms with Gasteiger partial charge in [-0.05, 0) is 0 Å². The van der Waals surface area contributed by atoms with Crippen molar-refractivity contribution in [2.75, 3.05) is 12.3 Å². The van der Waals surface area contributed by atoms with Crippen molar-refractivity contribution in [3.63, 3.8) is 0 Å². The summed E-state index contributed by atoms with van der Waals surface area (Å²) in [6.07, 6.45) is 7.27. The molecule has 0 spiro atoms. The van der Waals surface area contributed by atoms with Crippen LogP contribution in [-0.4, -0.2) is 12.3 Å². The van der Waals surface area contributed by atoms with E-state index < -0.39 is 0 Å². The number of rotatable bonds is 5. The second-order valence-corrected chi connectivity index (χ2v) is 8.01. The van der Waals surface area contributed by atoms with Crippen molar-refractivity contribution >= 4 is 5.27 Å². The SMILES string of the molecule is CCCCC[P]([Sc])CC. The minimum atomic E-state index is 0.473. The Bertz CT molecular complexity index is 56.9. The van der Waals surface area contributed by atoms with Gasteiger partial charge in [0.1, 0.15) is 0 Å². The van der Waals surface area contributed by atoms with Crippen LogP contribution in [0.2, 0.25) is 0 Å². The van der Waals surface area contributed by atoms with Crippen LogP contribution in [0.4, 0.5) is 0 Å². The molecule has 0 rings (SSSR count). The van der Waals surface area contributed by atoms with Crippen LogP contribution in [0.5, 0.6) is 0 Å². The van der Waals surface area contributed by atoms with Gasteiger partial charge >= 0.3 is 74.5 Å². The zero-order valence-electron chi connectivity index (χ0n) is 6.56. The van der Waals surface area contributed by atoms with Gasteiger partial charge in [-0.2, -0.15) is 0 Å². The summed E-state index contributed by atoms with van der Waals surface area (Å²) in [5, 5.41) is 0.473. The molecule has 0 aromatic rings. The van der Waals surface area contributed by atoms with Crippen LogP contribution in [0.15, 0.2) is 0 Å². The Balaban J connectivity index is 2.88. The summed E-state index contributed by atoms with van der Waals surface area (Å²) in [6, 6.07) is 0. The minimum absolute atomic E-state index is 0.473. The van der Waals surface area contributed by atoms with E-state index in [0.29, 0.717) is 5.27 Å². The third-order valence-corrected chi connectivity index (χ3v) is 6.08. The molecule has 0 aromatic carbocycles. The van der Waals surface area contributed by atoms with Gasteiger partial charge in [-0.3, -0.25) is 0 Å². The first-order valence-corrected chi connectivity index (χ1v) is 8.01. The fourth-order valence-corrected chi connectivity index (χ4v) is 2.52. The Morgan fingerprint density at radius 3 is 2.33 bits per heavy atom. The molecule has 9 heavy (non-hydrogen) atoms. The second-order valence-electron chi connectivity index (χ2n) is 2.34. The molecule has 1 atom stereocenters. The maximum absolute atomic E-state index is 2.32. The second kappa shape index (κ2) is 7.41. The van der Waals surface area contributed by atoms with Gasteiger partial charge in [0.05, 0.1) is 0 Å². The van der Waals surface area contributed by atoms with Crippen LogP contribution in [0, 0.1) is 0 Å². The first-order chi connectivity index (χ1) is 4.31. The molecule has 0 amide bonds. The number of hydrogen-bond acceptors (Lipinski definition) is 0. The molecule has 0 aromatic heterocycles. The van der Waals surface area contributed by atoms with Gasteiger partial charge in [-0.15, -0.1) is 0 Å². The molecule has 0 N–H and O–H groups in total. The fraction of sp³-hybridized carbons (Fsp3) is 1.00. The third-order valence-electron chi connectivity index (χ3n) is 1.46. The summed E-state index contributed by atoms with van der Waals surface area (Å²) < 4.78 is 0. The van der Waals surface area contributed by atoms with E-state index in [9.17, 15) is 0 Å². The molecule has 0 bridgehead atoms. The summed E-state index contributed by atoms with van der Waals surface area (Å²) >= 11 is 1.99. The first kappa shape index (κ1) is 10.3. The van der Waals surface area contributed by atoms with E-state index in [2.05, 4.69) is 13.8 Å². The summed E-state index contributed by atoms with van der Waals surface area (Å²) in [5.74, 6) is 0. The topological polar surface area (TPSA) is 0 Å². The molecule has 0 radical (unpaired) electrons. The van der Waals surface area contributed by atoms with Crippen LogP contribution in [0.3, 0.4) is 0 Å². The Kier molecular flexibility index (Phi) is 8.48. The predicted octanol–water partition coefficient (Wildman–Crippen LogP) is 3.14. The van der Waals surface area contributed by atoms with Gasteiger partial charge in [0.15, 0.2) is 0 Å². The van der Waals surface area contributed by atoms with E-state index in [-0.39, 0.29) is 0 Å². The molecular formula is C7H16PSc. The Hall–Kier alpha value is 1.30. The predicted molar refractivity (Wildman–Crippen MR) is 41.9 cm³/mol. The number of unbranched alkanes of at least 4 members (excludes halogenated alkanes) is 2. The molecule has 0 saturated carbocycles. The van der Waals surface area contributed by atoms with Crippen molar-refractivity contribution in [1.82, 2.24) is 0 Å². The molecule has 0 nitrogen and oxygen atoms in total. The summed E-state index contributed by atoms with van der Waals surface area (Å²) in [5.41, 5.74) is 0. The van der Waals surface area contributed by atoms with E-state index in [1.807, 2.05) is 23.8 Å². The molecule has 1 unspecified atom stereocenters. The molecule has 0 saturated heterocycles. The van der Waals surface area contributed by atoms with E-state index in [1.54, 1.807) is 0 Å². The average molecular weight is 176 g/mol. The molecule has 0 fully saturated rings. The van der Waals surface area contributed by atoms with Crippen molar-refractivity contribution in [2.45, 2.75) is 33.1 Å². The Morgan fingerprint density at radius 1 is 1.22 bits per heavy atom. The van der Waals surface area contributed by atoms with Gasteiger partial charge in [0, 0.05) is 0 Å². The summed E-state index contributed by atoms with van der Waals surface area (Å²) in [6.45, 7) is 4.59. The van der Waals surface area contributed by atoms with Crippen molar-refractivity contribution in [3.8, 4) is 0 Å². The van der Waals surface area contributed by atoms with Crippen LogP contribution in [0.1, 0.15) is 33.1 Å². The molecule has 0 aliphatic carbocycles. The van der Waals surface area contributed by atoms with Gasteiger partial charge in [0.25, 0.3) is 0 Å². The van der Waals surface area contributed by atoms with Gasteiger partial charge in [0.2, 0.25) is 0 Å². The van der Waals surface area contributed by atoms with Crippen LogP contribution in [-0.2, 0) is 23.8 Å². The van der Waals surface area contributed by atoms with E-state index in [1.165, 1.54) is 31.6 Å². The molecule has 2 heteroatoms. The van der Waals surface area contributed by atoms with Gasteiger partial charge in [-0.1, -0.05) is 0 Å². The summed E-state index contributed by atoms with van der Waals surface area (Å²) in [7, 11) is 0. The van der Waals surface area contributed by atoms with E-state index in [0.717, 1.165) is 0 Å². The Morgan fingerprint density at radius 2 is 1.89 bits per heavy atom. The molecule has 0 aliphatic rings. The standard InChI is InChI=1S/C7H16P.Sc/c1-3-5-6-7-8-4-2;/h3-7H2,1-2H3;/q-1;+1. The van der Waals surface area contributed by atoms with Crippen molar-refractivity contribution < 1.29 is 23.8 Å². The fourth-order valence-electron chi connectivity index (χ4n) is 0.723. The zero-order chi connectivity index (χ0) is 7.11. The third kappa shape index (κ3) is 7.19. The molecule has 0 aliphatic heterocycles. The maximum atomic E-state index is 2.32. The van der Waals surface area contributed by atoms with Crippen LogP contribution < -0.4 is 0 Å². The van der Waals surface area contributed by atoms with Gasteiger partial charge in [-0.25, -0.2) is 0 Å². The van der Waals surface area contributed by atoms with Crippen molar-refractivity contribution in [3.05, 3.63) is 0 Å².